The van der Waals surface area contributed by atoms with E-state index < -0.39 is 21.5 Å². The predicted octanol–water partition coefficient (Wildman–Crippen LogP) is -0.548. The number of nitrogens with one attached hydrogen (secondary N) is 2. The van der Waals surface area contributed by atoms with Gasteiger partial charge in [-0.3, -0.25) is 4.79 Å². The summed E-state index contributed by atoms with van der Waals surface area (Å²) in [7, 11) is -3.99. The molecular formula is C12H15N2O5S-. The second-order valence-corrected chi connectivity index (χ2v) is 6.41. The van der Waals surface area contributed by atoms with Crippen LogP contribution in [0.2, 0.25) is 0 Å². The average molecular weight is 299 g/mol. The molecule has 7 nitrogen and oxygen atoms in total. The number of carboxylic acids is 1. The fourth-order valence-electron chi connectivity index (χ4n) is 1.36. The maximum absolute atomic E-state index is 12.0. The molecule has 0 aliphatic carbocycles. The van der Waals surface area contributed by atoms with Gasteiger partial charge in [-0.15, -0.1) is 0 Å². The molecule has 8 heteroatoms. The average Bonchev–Trinajstić information content (AvgIpc) is 2.27. The standard InChI is InChI=1S/C12H16N2O5S/c1-8(15)13-9-4-6-10(7-5-9)20(18,19)14-12(2,3)11(16)17/h4-7,14H,1-3H3,(H,13,15)(H,16,17)/p-1. The van der Waals surface area contributed by atoms with Gasteiger partial charge in [0.2, 0.25) is 15.9 Å². The molecule has 110 valence electrons. The van der Waals surface area contributed by atoms with Gasteiger partial charge in [-0.1, -0.05) is 0 Å². The Balaban J connectivity index is 2.99. The van der Waals surface area contributed by atoms with Crippen molar-refractivity contribution in [3.8, 4) is 0 Å². The largest absolute Gasteiger partial charge is 0.548 e. The molecule has 0 radical (unpaired) electrons. The molecule has 1 aromatic rings. The quantitative estimate of drug-likeness (QED) is 0.757. The van der Waals surface area contributed by atoms with Crippen LogP contribution < -0.4 is 15.1 Å². The van der Waals surface area contributed by atoms with Crippen LogP contribution in [0.3, 0.4) is 0 Å². The lowest BCUT2D eigenvalue weighted by Gasteiger charge is -2.26. The normalized spacial score (nSPS) is 11.9. The highest BCUT2D eigenvalue weighted by Crippen LogP contribution is 2.16. The van der Waals surface area contributed by atoms with E-state index in [1.54, 1.807) is 0 Å². The van der Waals surface area contributed by atoms with Crippen LogP contribution in [0, 0.1) is 0 Å². The Kier molecular flexibility index (Phi) is 4.51. The Hall–Kier alpha value is -1.93. The maximum Gasteiger partial charge on any atom is 0.241 e. The maximum atomic E-state index is 12.0. The van der Waals surface area contributed by atoms with Gasteiger partial charge in [0, 0.05) is 12.6 Å². The molecule has 0 atom stereocenters. The van der Waals surface area contributed by atoms with Gasteiger partial charge in [0.15, 0.2) is 0 Å². The summed E-state index contributed by atoms with van der Waals surface area (Å²) in [6, 6.07) is 5.34. The lowest BCUT2D eigenvalue weighted by molar-refractivity contribution is -0.312. The molecule has 0 heterocycles. The van der Waals surface area contributed by atoms with E-state index >= 15 is 0 Å². The van der Waals surface area contributed by atoms with Gasteiger partial charge in [-0.2, -0.15) is 4.72 Å². The number of carbonyl (C=O) groups excluding carboxylic acids is 2. The highest BCUT2D eigenvalue weighted by molar-refractivity contribution is 7.89. The summed E-state index contributed by atoms with van der Waals surface area (Å²) in [6.45, 7) is 3.70. The zero-order chi connectivity index (χ0) is 15.6. The van der Waals surface area contributed by atoms with E-state index in [4.69, 9.17) is 0 Å². The van der Waals surface area contributed by atoms with Crippen LogP contribution in [0.25, 0.3) is 0 Å². The number of sulfonamides is 1. The lowest BCUT2D eigenvalue weighted by atomic mass is 10.1. The van der Waals surface area contributed by atoms with Crippen LogP contribution in [-0.2, 0) is 19.6 Å². The van der Waals surface area contributed by atoms with E-state index in [1.807, 2.05) is 4.72 Å². The Morgan fingerprint density at radius 3 is 2.05 bits per heavy atom. The molecule has 2 N–H and O–H groups in total. The first-order chi connectivity index (χ1) is 9.04. The second-order valence-electron chi connectivity index (χ2n) is 4.72. The summed E-state index contributed by atoms with van der Waals surface area (Å²) >= 11 is 0. The highest BCUT2D eigenvalue weighted by atomic mass is 32.2. The number of rotatable bonds is 5. The number of benzene rings is 1. The van der Waals surface area contributed by atoms with Crippen LogP contribution in [-0.4, -0.2) is 25.8 Å². The first kappa shape index (κ1) is 16.1. The number of aliphatic carboxylic acids is 1. The minimum Gasteiger partial charge on any atom is -0.548 e. The van der Waals surface area contributed by atoms with Crippen molar-refractivity contribution in [3.63, 3.8) is 0 Å². The molecular weight excluding hydrogens is 284 g/mol. The van der Waals surface area contributed by atoms with E-state index in [0.717, 1.165) is 0 Å². The van der Waals surface area contributed by atoms with Crippen LogP contribution >= 0.6 is 0 Å². The molecule has 0 unspecified atom stereocenters. The molecule has 1 amide bonds. The zero-order valence-electron chi connectivity index (χ0n) is 11.3. The lowest BCUT2D eigenvalue weighted by Crippen LogP contribution is -2.55. The molecule has 20 heavy (non-hydrogen) atoms. The van der Waals surface area contributed by atoms with Crippen molar-refractivity contribution in [3.05, 3.63) is 24.3 Å². The summed E-state index contributed by atoms with van der Waals surface area (Å²) < 4.78 is 26.0. The van der Waals surface area contributed by atoms with Crippen molar-refractivity contribution in [2.45, 2.75) is 31.2 Å². The van der Waals surface area contributed by atoms with Gasteiger partial charge in [0.25, 0.3) is 0 Å². The SMILES string of the molecule is CC(=O)Nc1ccc(S(=O)(=O)NC(C)(C)C(=O)[O-])cc1. The molecule has 0 saturated heterocycles. The summed E-state index contributed by atoms with van der Waals surface area (Å²) in [6.07, 6.45) is 0. The fourth-order valence-corrected chi connectivity index (χ4v) is 2.72. The Bertz CT molecular complexity index is 620. The van der Waals surface area contributed by atoms with Crippen molar-refractivity contribution < 1.29 is 23.1 Å². The van der Waals surface area contributed by atoms with Crippen LogP contribution in [0.15, 0.2) is 29.2 Å². The Morgan fingerprint density at radius 2 is 1.65 bits per heavy atom. The molecule has 1 aromatic carbocycles. The minimum absolute atomic E-state index is 0.110. The summed E-state index contributed by atoms with van der Waals surface area (Å²) in [5.74, 6) is -1.81. The topological polar surface area (TPSA) is 115 Å². The molecule has 0 spiro atoms. The van der Waals surface area contributed by atoms with E-state index in [-0.39, 0.29) is 10.8 Å². The van der Waals surface area contributed by atoms with Crippen LogP contribution in [0.1, 0.15) is 20.8 Å². The third-order valence-electron chi connectivity index (χ3n) is 2.38. The van der Waals surface area contributed by atoms with E-state index in [9.17, 15) is 23.1 Å². The van der Waals surface area contributed by atoms with Gasteiger partial charge in [-0.25, -0.2) is 8.42 Å². The molecule has 0 aromatic heterocycles. The second kappa shape index (κ2) is 5.59. The number of anilines is 1. The van der Waals surface area contributed by atoms with Gasteiger partial charge in [-0.05, 0) is 38.1 Å². The molecule has 1 rings (SSSR count). The Labute approximate surface area is 117 Å². The predicted molar refractivity (Wildman–Crippen MR) is 70.2 cm³/mol. The number of carboxylic acid groups (broad SMARTS) is 1. The number of amides is 1. The van der Waals surface area contributed by atoms with Crippen LogP contribution in [0.5, 0.6) is 0 Å². The summed E-state index contributed by atoms with van der Waals surface area (Å²) in [5, 5.41) is 13.3. The highest BCUT2D eigenvalue weighted by Gasteiger charge is 2.27. The van der Waals surface area contributed by atoms with E-state index in [1.165, 1.54) is 45.0 Å². The zero-order valence-corrected chi connectivity index (χ0v) is 12.1. The van der Waals surface area contributed by atoms with Crippen molar-refractivity contribution >= 4 is 27.6 Å². The third kappa shape index (κ3) is 4.04. The van der Waals surface area contributed by atoms with Gasteiger partial charge in [0.1, 0.15) is 0 Å². The number of hydrogen-bond donors (Lipinski definition) is 2. The molecule has 0 saturated carbocycles. The van der Waals surface area contributed by atoms with Crippen molar-refractivity contribution in [1.82, 2.24) is 4.72 Å². The van der Waals surface area contributed by atoms with Crippen molar-refractivity contribution in [2.24, 2.45) is 0 Å². The fraction of sp³-hybridized carbons (Fsp3) is 0.333. The Morgan fingerprint density at radius 1 is 1.15 bits per heavy atom. The monoisotopic (exact) mass is 299 g/mol. The molecule has 0 bridgehead atoms. The minimum atomic E-state index is -3.99. The summed E-state index contributed by atoms with van der Waals surface area (Å²) in [4.78, 5) is 21.6. The van der Waals surface area contributed by atoms with Crippen LogP contribution in [0.4, 0.5) is 5.69 Å². The van der Waals surface area contributed by atoms with Gasteiger partial charge in [0.05, 0.1) is 16.4 Å². The summed E-state index contributed by atoms with van der Waals surface area (Å²) in [5.41, 5.74) is -1.29. The van der Waals surface area contributed by atoms with E-state index in [2.05, 4.69) is 5.32 Å². The molecule has 0 fully saturated rings. The molecule has 0 aliphatic heterocycles. The smallest absolute Gasteiger partial charge is 0.241 e. The van der Waals surface area contributed by atoms with Crippen molar-refractivity contribution in [1.29, 1.82) is 0 Å². The number of carbonyl (C=O) groups is 2. The van der Waals surface area contributed by atoms with E-state index in [0.29, 0.717) is 5.69 Å². The first-order valence-corrected chi connectivity index (χ1v) is 7.16. The number of hydrogen-bond acceptors (Lipinski definition) is 5. The molecule has 0 aliphatic rings. The van der Waals surface area contributed by atoms with Gasteiger partial charge >= 0.3 is 0 Å². The van der Waals surface area contributed by atoms with Gasteiger partial charge < -0.3 is 15.2 Å². The first-order valence-electron chi connectivity index (χ1n) is 5.68. The van der Waals surface area contributed by atoms with Crippen molar-refractivity contribution in [2.75, 3.05) is 5.32 Å². The third-order valence-corrected chi connectivity index (χ3v) is 4.06.